The highest BCUT2D eigenvalue weighted by molar-refractivity contribution is 5.98. The van der Waals surface area contributed by atoms with Crippen LogP contribution in [0.15, 0.2) is 60.9 Å². The number of likely N-dealkylation sites (tertiary alicyclic amines) is 1. The molecule has 0 spiro atoms. The number of hydrogen-bond acceptors (Lipinski definition) is 4. The summed E-state index contributed by atoms with van der Waals surface area (Å²) in [6.45, 7) is 4.43. The van der Waals surface area contributed by atoms with Crippen LogP contribution in [0.4, 0.5) is 0 Å². The highest BCUT2D eigenvalue weighted by Crippen LogP contribution is 2.25. The zero-order chi connectivity index (χ0) is 22.0. The van der Waals surface area contributed by atoms with Gasteiger partial charge in [-0.05, 0) is 62.4 Å². The molecule has 4 rings (SSSR count). The van der Waals surface area contributed by atoms with Gasteiger partial charge in [-0.3, -0.25) is 14.6 Å². The Balaban J connectivity index is 1.54. The van der Waals surface area contributed by atoms with Crippen LogP contribution in [-0.2, 0) is 4.79 Å². The third-order valence-electron chi connectivity index (χ3n) is 5.65. The number of rotatable bonds is 5. The predicted octanol–water partition coefficient (Wildman–Crippen LogP) is 2.90. The van der Waals surface area contributed by atoms with Crippen molar-refractivity contribution >= 4 is 11.8 Å². The van der Waals surface area contributed by atoms with Gasteiger partial charge in [0.1, 0.15) is 17.9 Å². The Hall–Kier alpha value is -3.61. The summed E-state index contributed by atoms with van der Waals surface area (Å²) in [7, 11) is 1.58. The molecule has 0 bridgehead atoms. The lowest BCUT2D eigenvalue weighted by atomic mass is 10.1. The van der Waals surface area contributed by atoms with Crippen LogP contribution in [0, 0.1) is 13.8 Å². The van der Waals surface area contributed by atoms with E-state index in [9.17, 15) is 9.59 Å². The number of likely N-dealkylation sites (N-methyl/N-ethyl adjacent to an activating group) is 1. The average molecular weight is 418 g/mol. The molecule has 1 aromatic carbocycles. The fourth-order valence-electron chi connectivity index (χ4n) is 4.13. The Morgan fingerprint density at radius 1 is 1.06 bits per heavy atom. The van der Waals surface area contributed by atoms with E-state index >= 15 is 0 Å². The van der Waals surface area contributed by atoms with Gasteiger partial charge in [-0.1, -0.05) is 0 Å². The van der Waals surface area contributed by atoms with Crippen molar-refractivity contribution in [3.8, 4) is 11.4 Å². The number of aromatic nitrogens is 2. The molecule has 2 amide bonds. The third kappa shape index (κ3) is 4.17. The first kappa shape index (κ1) is 20.7. The van der Waals surface area contributed by atoms with Gasteiger partial charge in [-0.2, -0.15) is 0 Å². The molecule has 3 heterocycles. The maximum absolute atomic E-state index is 13.3. The van der Waals surface area contributed by atoms with Crippen molar-refractivity contribution < 1.29 is 14.3 Å². The zero-order valence-electron chi connectivity index (χ0n) is 17.9. The van der Waals surface area contributed by atoms with E-state index in [0.29, 0.717) is 24.3 Å². The molecule has 160 valence electrons. The van der Waals surface area contributed by atoms with Crippen LogP contribution >= 0.6 is 0 Å². The normalized spacial score (nSPS) is 18.1. The molecule has 1 fully saturated rings. The van der Waals surface area contributed by atoms with E-state index in [1.807, 2.05) is 44.2 Å². The van der Waals surface area contributed by atoms with E-state index in [4.69, 9.17) is 4.74 Å². The van der Waals surface area contributed by atoms with Gasteiger partial charge in [0, 0.05) is 42.3 Å². The number of ether oxygens (including phenoxy) is 1. The Morgan fingerprint density at radius 2 is 1.77 bits per heavy atom. The maximum Gasteiger partial charge on any atom is 0.254 e. The summed E-state index contributed by atoms with van der Waals surface area (Å²) >= 11 is 0. The molecule has 0 aliphatic carbocycles. The molecule has 2 aromatic heterocycles. The molecule has 7 heteroatoms. The van der Waals surface area contributed by atoms with Gasteiger partial charge in [0.05, 0.1) is 12.7 Å². The van der Waals surface area contributed by atoms with Crippen molar-refractivity contribution in [3.05, 3.63) is 77.9 Å². The Morgan fingerprint density at radius 3 is 2.39 bits per heavy atom. The quantitative estimate of drug-likeness (QED) is 0.691. The van der Waals surface area contributed by atoms with Crippen molar-refractivity contribution in [3.63, 3.8) is 0 Å². The zero-order valence-corrected chi connectivity index (χ0v) is 17.9. The van der Waals surface area contributed by atoms with E-state index < -0.39 is 6.04 Å². The Labute approximate surface area is 181 Å². The Bertz CT molecular complexity index is 1060. The minimum atomic E-state index is -0.576. The predicted molar refractivity (Wildman–Crippen MR) is 117 cm³/mol. The number of carbonyl (C=O) groups excluding carboxylic acids is 2. The number of amides is 2. The second kappa shape index (κ2) is 8.63. The molecule has 0 radical (unpaired) electrons. The van der Waals surface area contributed by atoms with Crippen LogP contribution < -0.4 is 10.1 Å². The molecular weight excluding hydrogens is 392 g/mol. The number of nitrogens with one attached hydrogen (secondary N) is 1. The molecule has 7 nitrogen and oxygen atoms in total. The first-order valence-corrected chi connectivity index (χ1v) is 10.3. The fourth-order valence-corrected chi connectivity index (χ4v) is 4.13. The molecule has 1 aliphatic heterocycles. The van der Waals surface area contributed by atoms with Gasteiger partial charge >= 0.3 is 0 Å². The van der Waals surface area contributed by atoms with Gasteiger partial charge < -0.3 is 19.5 Å². The third-order valence-corrected chi connectivity index (χ3v) is 5.65. The minimum Gasteiger partial charge on any atom is -0.487 e. The van der Waals surface area contributed by atoms with Crippen LogP contribution in [0.5, 0.6) is 5.75 Å². The number of hydrogen-bond donors (Lipinski definition) is 1. The first-order valence-electron chi connectivity index (χ1n) is 10.3. The average Bonchev–Trinajstić information content (AvgIpc) is 3.36. The number of carbonyl (C=O) groups is 2. The summed E-state index contributed by atoms with van der Waals surface area (Å²) in [6, 6.07) is 14.6. The molecule has 0 unspecified atom stereocenters. The molecule has 1 saturated heterocycles. The van der Waals surface area contributed by atoms with Gasteiger partial charge in [-0.15, -0.1) is 0 Å². The van der Waals surface area contributed by atoms with Crippen LogP contribution in [0.25, 0.3) is 5.69 Å². The summed E-state index contributed by atoms with van der Waals surface area (Å²) < 4.78 is 8.11. The minimum absolute atomic E-state index is 0.182. The topological polar surface area (TPSA) is 76.5 Å². The van der Waals surface area contributed by atoms with Gasteiger partial charge in [-0.25, -0.2) is 0 Å². The van der Waals surface area contributed by atoms with E-state index in [0.717, 1.165) is 17.1 Å². The lowest BCUT2D eigenvalue weighted by Crippen LogP contribution is -2.45. The largest absolute Gasteiger partial charge is 0.487 e. The van der Waals surface area contributed by atoms with E-state index in [-0.39, 0.29) is 17.9 Å². The lowest BCUT2D eigenvalue weighted by molar-refractivity contribution is -0.124. The lowest BCUT2D eigenvalue weighted by Gasteiger charge is -2.23. The van der Waals surface area contributed by atoms with Crippen LogP contribution in [0.1, 0.15) is 28.2 Å². The van der Waals surface area contributed by atoms with Crippen molar-refractivity contribution in [1.29, 1.82) is 0 Å². The number of benzene rings is 1. The highest BCUT2D eigenvalue weighted by Gasteiger charge is 2.40. The van der Waals surface area contributed by atoms with E-state index in [2.05, 4.69) is 27.0 Å². The number of nitrogens with zero attached hydrogens (tertiary/aromatic N) is 3. The maximum atomic E-state index is 13.3. The molecule has 1 aliphatic rings. The van der Waals surface area contributed by atoms with Gasteiger partial charge in [0.25, 0.3) is 5.91 Å². The van der Waals surface area contributed by atoms with E-state index in [1.54, 1.807) is 30.4 Å². The summed E-state index contributed by atoms with van der Waals surface area (Å²) in [6.07, 6.45) is 3.45. The van der Waals surface area contributed by atoms with Crippen LogP contribution in [0.2, 0.25) is 0 Å². The fraction of sp³-hybridized carbons (Fsp3) is 0.292. The van der Waals surface area contributed by atoms with Crippen LogP contribution in [0.3, 0.4) is 0 Å². The molecule has 3 aromatic rings. The smallest absolute Gasteiger partial charge is 0.254 e. The van der Waals surface area contributed by atoms with Crippen molar-refractivity contribution in [2.45, 2.75) is 32.4 Å². The van der Waals surface area contributed by atoms with Gasteiger partial charge in [0.2, 0.25) is 5.91 Å². The van der Waals surface area contributed by atoms with Gasteiger partial charge in [0.15, 0.2) is 0 Å². The number of pyridine rings is 1. The van der Waals surface area contributed by atoms with Crippen molar-refractivity contribution in [1.82, 2.24) is 19.8 Å². The molecule has 2 atom stereocenters. The molecule has 31 heavy (non-hydrogen) atoms. The summed E-state index contributed by atoms with van der Waals surface area (Å²) in [5, 5.41) is 2.66. The van der Waals surface area contributed by atoms with E-state index in [1.165, 1.54) is 0 Å². The molecular formula is C24H26N4O3. The molecule has 0 saturated carbocycles. The van der Waals surface area contributed by atoms with Crippen molar-refractivity contribution in [2.24, 2.45) is 0 Å². The second-order valence-corrected chi connectivity index (χ2v) is 7.75. The molecule has 1 N–H and O–H groups in total. The summed E-state index contributed by atoms with van der Waals surface area (Å²) in [5.41, 5.74) is 3.80. The SMILES string of the molecule is CNC(=O)[C@@H]1C[C@H](Oc2cccnc2)CN1C(=O)c1ccc(-n2c(C)ccc2C)cc1. The summed E-state index contributed by atoms with van der Waals surface area (Å²) in [5.74, 6) is 0.249. The highest BCUT2D eigenvalue weighted by atomic mass is 16.5. The van der Waals surface area contributed by atoms with Crippen LogP contribution in [-0.4, -0.2) is 52.0 Å². The monoisotopic (exact) mass is 418 g/mol. The second-order valence-electron chi connectivity index (χ2n) is 7.75. The standard InChI is InChI=1S/C24H26N4O3/c1-16-6-7-17(2)28(16)19-10-8-18(9-11-19)24(30)27-15-21(13-22(27)23(29)25-3)31-20-5-4-12-26-14-20/h4-12,14,21-22H,13,15H2,1-3H3,(H,25,29)/t21-,22-/m0/s1. The van der Waals surface area contributed by atoms with Crippen molar-refractivity contribution in [2.75, 3.05) is 13.6 Å². The Kier molecular flexibility index (Phi) is 5.75. The number of aryl methyl sites for hydroxylation is 2. The first-order chi connectivity index (χ1) is 15.0. The summed E-state index contributed by atoms with van der Waals surface area (Å²) in [4.78, 5) is 31.4.